The van der Waals surface area contributed by atoms with Crippen LogP contribution in [0.4, 0.5) is 4.39 Å². The summed E-state index contributed by atoms with van der Waals surface area (Å²) in [5.74, 6) is -0.392. The lowest BCUT2D eigenvalue weighted by Crippen LogP contribution is -2.24. The molecule has 1 aliphatic rings. The number of rotatable bonds is 6. The molecule has 0 unspecified atom stereocenters. The second-order valence-electron chi connectivity index (χ2n) is 4.97. The summed E-state index contributed by atoms with van der Waals surface area (Å²) in [6, 6.07) is 6.82. The van der Waals surface area contributed by atoms with Crippen LogP contribution < -0.4 is 5.32 Å². The Morgan fingerprint density at radius 3 is 2.84 bits per heavy atom. The van der Waals surface area contributed by atoms with E-state index in [9.17, 15) is 4.39 Å². The lowest BCUT2D eigenvalue weighted by atomic mass is 10.1. The number of hydrogen-bond donors (Lipinski definition) is 1. The maximum atomic E-state index is 13.8. The summed E-state index contributed by atoms with van der Waals surface area (Å²) in [6.45, 7) is 4.93. The van der Waals surface area contributed by atoms with Crippen LogP contribution in [0.15, 0.2) is 18.2 Å². The molecule has 1 fully saturated rings. The number of benzene rings is 1. The zero-order chi connectivity index (χ0) is 13.5. The first-order chi connectivity index (χ1) is 9.31. The van der Waals surface area contributed by atoms with E-state index in [4.69, 9.17) is 5.26 Å². The molecule has 0 aromatic heterocycles. The summed E-state index contributed by atoms with van der Waals surface area (Å²) < 4.78 is 13.8. The highest BCUT2D eigenvalue weighted by Crippen LogP contribution is 2.11. The van der Waals surface area contributed by atoms with Crippen LogP contribution >= 0.6 is 0 Å². The van der Waals surface area contributed by atoms with Gasteiger partial charge in [0.1, 0.15) is 11.9 Å². The molecule has 1 N–H and O–H groups in total. The zero-order valence-corrected chi connectivity index (χ0v) is 11.2. The molecule has 2 rings (SSSR count). The molecule has 19 heavy (non-hydrogen) atoms. The highest BCUT2D eigenvalue weighted by molar-refractivity contribution is 5.34. The summed E-state index contributed by atoms with van der Waals surface area (Å²) >= 11 is 0. The van der Waals surface area contributed by atoms with Crippen LogP contribution in [0.2, 0.25) is 0 Å². The van der Waals surface area contributed by atoms with Crippen molar-refractivity contribution in [3.8, 4) is 6.07 Å². The number of likely N-dealkylation sites (tertiary alicyclic amines) is 1. The van der Waals surface area contributed by atoms with Crippen molar-refractivity contribution >= 4 is 0 Å². The molecule has 0 radical (unpaired) electrons. The number of nitriles is 1. The predicted octanol–water partition coefficient (Wildman–Crippen LogP) is 2.27. The van der Waals surface area contributed by atoms with Crippen LogP contribution in [0, 0.1) is 17.1 Å². The Labute approximate surface area is 114 Å². The molecule has 1 heterocycles. The lowest BCUT2D eigenvalue weighted by molar-refractivity contribution is 0.331. The molecule has 1 aliphatic heterocycles. The van der Waals surface area contributed by atoms with Crippen LogP contribution in [0.1, 0.15) is 30.4 Å². The van der Waals surface area contributed by atoms with Crippen molar-refractivity contribution in [2.24, 2.45) is 0 Å². The number of hydrogen-bond acceptors (Lipinski definition) is 3. The molecule has 0 amide bonds. The van der Waals surface area contributed by atoms with Gasteiger partial charge in [0.15, 0.2) is 0 Å². The smallest absolute Gasteiger partial charge is 0.145 e. The topological polar surface area (TPSA) is 39.1 Å². The molecule has 4 heteroatoms. The van der Waals surface area contributed by atoms with Gasteiger partial charge in [0.25, 0.3) is 0 Å². The molecule has 1 aromatic rings. The van der Waals surface area contributed by atoms with Gasteiger partial charge in [0, 0.05) is 12.1 Å². The fraction of sp³-hybridized carbons (Fsp3) is 0.533. The standard InChI is InChI=1S/C15H20FN3/c16-15-13(11-17)5-3-6-14(15)12-18-7-4-10-19-8-1-2-9-19/h3,5-6,18H,1-2,4,7-10,12H2. The van der Waals surface area contributed by atoms with Crippen LogP contribution in [-0.4, -0.2) is 31.1 Å². The van der Waals surface area contributed by atoms with Crippen molar-refractivity contribution in [1.82, 2.24) is 10.2 Å². The quantitative estimate of drug-likeness (QED) is 0.798. The van der Waals surface area contributed by atoms with Gasteiger partial charge in [-0.05, 0) is 51.5 Å². The van der Waals surface area contributed by atoms with Crippen LogP contribution in [0.25, 0.3) is 0 Å². The van der Waals surface area contributed by atoms with Gasteiger partial charge in [-0.1, -0.05) is 12.1 Å². The Hall–Kier alpha value is -1.44. The van der Waals surface area contributed by atoms with Crippen LogP contribution in [0.5, 0.6) is 0 Å². The third kappa shape index (κ3) is 4.02. The largest absolute Gasteiger partial charge is 0.313 e. The molecule has 3 nitrogen and oxygen atoms in total. The Morgan fingerprint density at radius 1 is 1.32 bits per heavy atom. The molecule has 0 aliphatic carbocycles. The predicted molar refractivity (Wildman–Crippen MR) is 73.1 cm³/mol. The first-order valence-corrected chi connectivity index (χ1v) is 6.92. The molecule has 0 spiro atoms. The van der Waals surface area contributed by atoms with E-state index in [-0.39, 0.29) is 5.56 Å². The van der Waals surface area contributed by atoms with Crippen LogP contribution in [-0.2, 0) is 6.54 Å². The van der Waals surface area contributed by atoms with Crippen molar-refractivity contribution in [1.29, 1.82) is 5.26 Å². The normalized spacial score (nSPS) is 15.6. The Bertz CT molecular complexity index is 447. The highest BCUT2D eigenvalue weighted by Gasteiger charge is 2.10. The minimum Gasteiger partial charge on any atom is -0.313 e. The second-order valence-corrected chi connectivity index (χ2v) is 4.97. The first-order valence-electron chi connectivity index (χ1n) is 6.92. The van der Waals surface area contributed by atoms with Crippen molar-refractivity contribution in [3.05, 3.63) is 35.1 Å². The van der Waals surface area contributed by atoms with E-state index in [2.05, 4.69) is 10.2 Å². The SMILES string of the molecule is N#Cc1cccc(CNCCCN2CCCC2)c1F. The van der Waals surface area contributed by atoms with Gasteiger partial charge in [-0.3, -0.25) is 0 Å². The number of halogens is 1. The second kappa shape index (κ2) is 7.22. The monoisotopic (exact) mass is 261 g/mol. The molecule has 1 aromatic carbocycles. The molecule has 0 saturated carbocycles. The van der Waals surface area contributed by atoms with Gasteiger partial charge in [0.05, 0.1) is 5.56 Å². The Balaban J connectivity index is 1.69. The van der Waals surface area contributed by atoms with Gasteiger partial charge in [0.2, 0.25) is 0 Å². The third-order valence-electron chi connectivity index (χ3n) is 3.54. The fourth-order valence-corrected chi connectivity index (χ4v) is 2.46. The lowest BCUT2D eigenvalue weighted by Gasteiger charge is -2.14. The Morgan fingerprint density at radius 2 is 2.11 bits per heavy atom. The fourth-order valence-electron chi connectivity index (χ4n) is 2.46. The first kappa shape index (κ1) is 14.0. The van der Waals surface area contributed by atoms with Crippen molar-refractivity contribution < 1.29 is 4.39 Å². The van der Waals surface area contributed by atoms with Gasteiger partial charge >= 0.3 is 0 Å². The average Bonchev–Trinajstić information content (AvgIpc) is 2.93. The van der Waals surface area contributed by atoms with E-state index in [0.717, 1.165) is 19.5 Å². The van der Waals surface area contributed by atoms with E-state index in [1.54, 1.807) is 12.1 Å². The van der Waals surface area contributed by atoms with Crippen molar-refractivity contribution in [2.45, 2.75) is 25.8 Å². The summed E-state index contributed by atoms with van der Waals surface area (Å²) in [5, 5.41) is 12.0. The van der Waals surface area contributed by atoms with Gasteiger partial charge < -0.3 is 10.2 Å². The average molecular weight is 261 g/mol. The number of nitrogens with one attached hydrogen (secondary N) is 1. The van der Waals surface area contributed by atoms with E-state index in [1.165, 1.54) is 32.0 Å². The van der Waals surface area contributed by atoms with Crippen molar-refractivity contribution in [3.63, 3.8) is 0 Å². The third-order valence-corrected chi connectivity index (χ3v) is 3.54. The number of nitrogens with zero attached hydrogens (tertiary/aromatic N) is 2. The zero-order valence-electron chi connectivity index (χ0n) is 11.2. The minimum atomic E-state index is -0.392. The van der Waals surface area contributed by atoms with Crippen molar-refractivity contribution in [2.75, 3.05) is 26.2 Å². The van der Waals surface area contributed by atoms with Gasteiger partial charge in [-0.25, -0.2) is 4.39 Å². The molecular formula is C15H20FN3. The highest BCUT2D eigenvalue weighted by atomic mass is 19.1. The molecule has 102 valence electrons. The maximum Gasteiger partial charge on any atom is 0.145 e. The summed E-state index contributed by atoms with van der Waals surface area (Å²) in [7, 11) is 0. The minimum absolute atomic E-state index is 0.122. The molecule has 0 bridgehead atoms. The van der Waals surface area contributed by atoms with Crippen LogP contribution in [0.3, 0.4) is 0 Å². The summed E-state index contributed by atoms with van der Waals surface area (Å²) in [5.41, 5.74) is 0.691. The van der Waals surface area contributed by atoms with E-state index in [0.29, 0.717) is 12.1 Å². The summed E-state index contributed by atoms with van der Waals surface area (Å²) in [4.78, 5) is 2.47. The van der Waals surface area contributed by atoms with E-state index < -0.39 is 5.82 Å². The van der Waals surface area contributed by atoms with E-state index >= 15 is 0 Å². The summed E-state index contributed by atoms with van der Waals surface area (Å²) in [6.07, 6.45) is 3.72. The van der Waals surface area contributed by atoms with E-state index in [1.807, 2.05) is 6.07 Å². The molecule has 0 atom stereocenters. The molecule has 1 saturated heterocycles. The maximum absolute atomic E-state index is 13.8. The van der Waals surface area contributed by atoms with Gasteiger partial charge in [-0.15, -0.1) is 0 Å². The Kier molecular flexibility index (Phi) is 5.31. The van der Waals surface area contributed by atoms with Gasteiger partial charge in [-0.2, -0.15) is 5.26 Å². The molecular weight excluding hydrogens is 241 g/mol.